The first-order chi connectivity index (χ1) is 25.6. The number of rotatable bonds is 5. The number of hydrogen-bond donors (Lipinski definition) is 1. The lowest BCUT2D eigenvalue weighted by molar-refractivity contribution is -0.144. The normalized spacial score (nSPS) is 29.0. The molecule has 4 aromatic rings. The molecule has 3 saturated heterocycles. The van der Waals surface area contributed by atoms with Crippen LogP contribution >= 0.6 is 11.6 Å². The van der Waals surface area contributed by atoms with Gasteiger partial charge in [-0.15, -0.1) is 0 Å². The smallest absolute Gasteiger partial charge is 0.241 e. The average Bonchev–Trinajstić information content (AvgIpc) is 3.53. The van der Waals surface area contributed by atoms with Gasteiger partial charge in [-0.05, 0) is 79.1 Å². The van der Waals surface area contributed by atoms with Crippen molar-refractivity contribution in [2.75, 3.05) is 18.0 Å². The van der Waals surface area contributed by atoms with Gasteiger partial charge in [0.05, 0.1) is 33.9 Å². The van der Waals surface area contributed by atoms with E-state index in [-0.39, 0.29) is 40.7 Å². The molecule has 8 nitrogen and oxygen atoms in total. The van der Waals surface area contributed by atoms with E-state index in [0.29, 0.717) is 24.8 Å². The van der Waals surface area contributed by atoms with Crippen molar-refractivity contribution < 1.29 is 28.7 Å². The molecule has 270 valence electrons. The molecule has 9 rings (SSSR count). The highest BCUT2D eigenvalue weighted by molar-refractivity contribution is 6.31. The average molecular weight is 732 g/mol. The highest BCUT2D eigenvalue weighted by Gasteiger charge is 2.68. The van der Waals surface area contributed by atoms with Crippen LogP contribution in [0, 0.1) is 34.9 Å². The van der Waals surface area contributed by atoms with Crippen LogP contribution in [-0.4, -0.2) is 57.7 Å². The van der Waals surface area contributed by atoms with Gasteiger partial charge in [0.1, 0.15) is 11.6 Å². The van der Waals surface area contributed by atoms with Crippen LogP contribution in [0.5, 0.6) is 5.75 Å². The molecule has 10 heteroatoms. The van der Waals surface area contributed by atoms with Gasteiger partial charge >= 0.3 is 0 Å². The molecule has 0 spiro atoms. The lowest BCUT2D eigenvalue weighted by atomic mass is 9.51. The van der Waals surface area contributed by atoms with Crippen molar-refractivity contribution in [1.29, 1.82) is 0 Å². The second-order valence-corrected chi connectivity index (χ2v) is 15.9. The summed E-state index contributed by atoms with van der Waals surface area (Å²) >= 11 is 6.15. The zero-order valence-corrected chi connectivity index (χ0v) is 30.0. The van der Waals surface area contributed by atoms with Crippen molar-refractivity contribution in [1.82, 2.24) is 9.80 Å². The second-order valence-electron chi connectivity index (χ2n) is 15.5. The third kappa shape index (κ3) is 5.11. The number of piperidine rings is 1. The maximum absolute atomic E-state index is 14.8. The zero-order chi connectivity index (χ0) is 36.8. The number of halogens is 2. The fourth-order valence-corrected chi connectivity index (χ4v) is 10.5. The maximum atomic E-state index is 14.8. The van der Waals surface area contributed by atoms with Gasteiger partial charge in [-0.1, -0.05) is 83.9 Å². The van der Waals surface area contributed by atoms with Gasteiger partial charge in [0, 0.05) is 37.2 Å². The number of likely N-dealkylation sites (tertiary alicyclic amines) is 2. The molecular formula is C43H39ClFN3O5. The molecule has 53 heavy (non-hydrogen) atoms. The van der Waals surface area contributed by atoms with E-state index < -0.39 is 52.6 Å². The van der Waals surface area contributed by atoms with Crippen LogP contribution in [0.25, 0.3) is 10.8 Å². The highest BCUT2D eigenvalue weighted by Crippen LogP contribution is 2.65. The number of fused-ring (bicyclic) bond motifs is 5. The minimum atomic E-state index is -1.37. The van der Waals surface area contributed by atoms with Crippen molar-refractivity contribution in [3.63, 3.8) is 0 Å². The van der Waals surface area contributed by atoms with E-state index in [9.17, 15) is 28.7 Å². The molecule has 0 bridgehead atoms. The predicted octanol–water partition coefficient (Wildman–Crippen LogP) is 7.23. The van der Waals surface area contributed by atoms with Crippen LogP contribution in [0.4, 0.5) is 10.1 Å². The summed E-state index contributed by atoms with van der Waals surface area (Å²) in [7, 11) is 0. The number of phenolic OH excluding ortho intramolecular Hbond substituents is 1. The van der Waals surface area contributed by atoms with Gasteiger partial charge in [-0.25, -0.2) is 9.29 Å². The number of carbonyl (C=O) groups is 4. The zero-order valence-electron chi connectivity index (χ0n) is 29.3. The minimum Gasteiger partial charge on any atom is -0.508 e. The molecule has 3 aliphatic heterocycles. The molecule has 1 N–H and O–H groups in total. The third-order valence-electron chi connectivity index (χ3n) is 12.9. The van der Waals surface area contributed by atoms with E-state index >= 15 is 0 Å². The van der Waals surface area contributed by atoms with Crippen molar-refractivity contribution in [3.8, 4) is 5.75 Å². The Bertz CT molecular complexity index is 2240. The Labute approximate surface area is 311 Å². The maximum Gasteiger partial charge on any atom is 0.241 e. The summed E-state index contributed by atoms with van der Waals surface area (Å²) in [6.07, 6.45) is 3.89. The van der Waals surface area contributed by atoms with Crippen LogP contribution in [-0.2, 0) is 25.7 Å². The fraction of sp³-hybridized carbons (Fsp3) is 0.349. The number of allylic oxidation sites excluding steroid dienone is 2. The number of phenols is 1. The van der Waals surface area contributed by atoms with Crippen molar-refractivity contribution in [2.24, 2.45) is 29.1 Å². The van der Waals surface area contributed by atoms with E-state index in [0.717, 1.165) is 46.9 Å². The molecule has 1 saturated carbocycles. The molecule has 4 amide bonds. The van der Waals surface area contributed by atoms with E-state index in [1.807, 2.05) is 54.6 Å². The van der Waals surface area contributed by atoms with Crippen molar-refractivity contribution in [3.05, 3.63) is 119 Å². The topological polar surface area (TPSA) is 98.2 Å². The van der Waals surface area contributed by atoms with E-state index in [4.69, 9.17) is 11.6 Å². The van der Waals surface area contributed by atoms with Crippen LogP contribution < -0.4 is 4.90 Å². The van der Waals surface area contributed by atoms with E-state index in [1.165, 1.54) is 22.6 Å². The number of hydrogen-bond acceptors (Lipinski definition) is 6. The number of carbonyl (C=O) groups excluding carboxylic acids is 4. The van der Waals surface area contributed by atoms with Gasteiger partial charge in [-0.2, -0.15) is 0 Å². The Balaban J connectivity index is 1.10. The van der Waals surface area contributed by atoms with Gasteiger partial charge in [0.2, 0.25) is 23.6 Å². The van der Waals surface area contributed by atoms with E-state index in [1.54, 1.807) is 13.0 Å². The molecule has 6 unspecified atom stereocenters. The van der Waals surface area contributed by atoms with Gasteiger partial charge < -0.3 is 5.11 Å². The Kier molecular flexibility index (Phi) is 8.09. The van der Waals surface area contributed by atoms with Crippen LogP contribution in [0.1, 0.15) is 49.7 Å². The SMILES string of the molecule is CC12C(=O)N(c3ccc(F)c(Cl)c3)C(=O)C1CC1C(=CCC3C(=O)N(C4CCN(Cc5ccccc5)CC4)C(=O)C31)C2c1c(O)ccc2ccccc12. The van der Waals surface area contributed by atoms with Crippen molar-refractivity contribution in [2.45, 2.75) is 51.1 Å². The summed E-state index contributed by atoms with van der Waals surface area (Å²) in [4.78, 5) is 63.3. The standard InChI is InChI=1S/C43H39ClFN3O5/c1-43-32(40(51)48(42(43)53)27-12-15-34(45)33(44)21-27)22-31-29(38(43)37-28-10-6-5-9-25(28)11-16-35(37)49)13-14-30-36(31)41(52)47(39(30)50)26-17-19-46(20-18-26)23-24-7-3-2-4-8-24/h2-13,15-16,21,26,30-32,36,38,49H,14,17-20,22-23H2,1H3. The largest absolute Gasteiger partial charge is 0.508 e. The number of imide groups is 2. The fourth-order valence-electron chi connectivity index (χ4n) is 10.3. The van der Waals surface area contributed by atoms with Crippen LogP contribution in [0.2, 0.25) is 5.02 Å². The monoisotopic (exact) mass is 731 g/mol. The summed E-state index contributed by atoms with van der Waals surface area (Å²) in [5.74, 6) is -5.44. The van der Waals surface area contributed by atoms with E-state index in [2.05, 4.69) is 17.0 Å². The first-order valence-electron chi connectivity index (χ1n) is 18.4. The minimum absolute atomic E-state index is 0.0152. The van der Waals surface area contributed by atoms with Crippen molar-refractivity contribution >= 4 is 51.7 Å². The highest BCUT2D eigenvalue weighted by atomic mass is 35.5. The summed E-state index contributed by atoms with van der Waals surface area (Å²) in [6, 6.07) is 24.8. The van der Waals surface area contributed by atoms with Gasteiger partial charge in [0.15, 0.2) is 0 Å². The summed E-state index contributed by atoms with van der Waals surface area (Å²) in [5, 5.41) is 13.0. The number of nitrogens with zero attached hydrogens (tertiary/aromatic N) is 3. The number of aromatic hydroxyl groups is 1. The Morgan fingerprint density at radius 2 is 1.60 bits per heavy atom. The Morgan fingerprint density at radius 1 is 0.868 bits per heavy atom. The summed E-state index contributed by atoms with van der Waals surface area (Å²) < 4.78 is 14.3. The first-order valence-corrected chi connectivity index (χ1v) is 18.8. The van der Waals surface area contributed by atoms with Crippen LogP contribution in [0.15, 0.2) is 96.6 Å². The number of benzene rings is 4. The molecule has 2 aliphatic carbocycles. The molecule has 6 atom stereocenters. The Morgan fingerprint density at radius 3 is 2.36 bits per heavy atom. The second kappa shape index (κ2) is 12.6. The quantitative estimate of drug-likeness (QED) is 0.172. The van der Waals surface area contributed by atoms with Crippen LogP contribution in [0.3, 0.4) is 0 Å². The molecule has 4 fully saturated rings. The molecule has 4 aromatic carbocycles. The number of amides is 4. The number of anilines is 1. The molecule has 5 aliphatic rings. The summed E-state index contributed by atoms with van der Waals surface area (Å²) in [6.45, 7) is 4.12. The lowest BCUT2D eigenvalue weighted by Gasteiger charge is -2.49. The van der Waals surface area contributed by atoms with Gasteiger partial charge in [0.25, 0.3) is 0 Å². The molecule has 0 radical (unpaired) electrons. The first kappa shape index (κ1) is 33.9. The summed E-state index contributed by atoms with van der Waals surface area (Å²) in [5.41, 5.74) is 1.34. The third-order valence-corrected chi connectivity index (χ3v) is 13.2. The molecule has 0 aromatic heterocycles. The lowest BCUT2D eigenvalue weighted by Crippen LogP contribution is -2.49. The van der Waals surface area contributed by atoms with Gasteiger partial charge in [-0.3, -0.25) is 29.0 Å². The molecule has 3 heterocycles. The predicted molar refractivity (Wildman–Crippen MR) is 198 cm³/mol. The molecular weight excluding hydrogens is 693 g/mol. The Hall–Kier alpha value is -4.86.